The van der Waals surface area contributed by atoms with Gasteiger partial charge < -0.3 is 22.1 Å². The van der Waals surface area contributed by atoms with Crippen molar-refractivity contribution in [3.8, 4) is 0 Å². The fraction of sp³-hybridized carbons (Fsp3) is 0.462. The van der Waals surface area contributed by atoms with E-state index in [-0.39, 0.29) is 0 Å². The van der Waals surface area contributed by atoms with Crippen molar-refractivity contribution in [3.63, 3.8) is 0 Å². The van der Waals surface area contributed by atoms with Gasteiger partial charge in [0.1, 0.15) is 6.10 Å². The summed E-state index contributed by atoms with van der Waals surface area (Å²) >= 11 is 0. The van der Waals surface area contributed by atoms with Crippen LogP contribution >= 0.6 is 0 Å². The van der Waals surface area contributed by atoms with Gasteiger partial charge in [0.15, 0.2) is 0 Å². The van der Waals surface area contributed by atoms with E-state index < -0.39 is 25.4 Å². The van der Waals surface area contributed by atoms with Gasteiger partial charge in [0, 0.05) is 13.2 Å². The molecule has 3 atom stereocenters. The monoisotopic (exact) mass is 514 g/mol. The van der Waals surface area contributed by atoms with Crippen LogP contribution in [0, 0.1) is 0 Å². The fourth-order valence-corrected chi connectivity index (χ4v) is 18.7. The van der Waals surface area contributed by atoms with Gasteiger partial charge in [-0.05, 0) is 48.4 Å². The molecule has 0 bridgehead atoms. The minimum absolute atomic E-state index is 0.299. The molecule has 0 amide bonds. The number of hydrogen-bond donors (Lipinski definition) is 0. The predicted molar refractivity (Wildman–Crippen MR) is 143 cm³/mol. The Morgan fingerprint density at radius 1 is 0.971 bits per heavy atom. The van der Waals surface area contributed by atoms with Crippen LogP contribution in [-0.4, -0.2) is 58.0 Å². The van der Waals surface area contributed by atoms with Crippen LogP contribution in [0.4, 0.5) is 0 Å². The summed E-state index contributed by atoms with van der Waals surface area (Å²) in [7, 11) is -7.79. The molecular formula is C26H38O5Si3. The molecule has 0 radical (unpaired) electrons. The van der Waals surface area contributed by atoms with Crippen molar-refractivity contribution in [2.24, 2.45) is 0 Å². The lowest BCUT2D eigenvalue weighted by atomic mass is 10.3. The van der Waals surface area contributed by atoms with Gasteiger partial charge in [-0.15, -0.1) is 6.58 Å². The molecule has 8 heteroatoms. The normalized spacial score (nSPS) is 29.3. The van der Waals surface area contributed by atoms with Crippen molar-refractivity contribution in [2.45, 2.75) is 50.5 Å². The first-order valence-electron chi connectivity index (χ1n) is 12.5. The lowest BCUT2D eigenvalue weighted by Crippen LogP contribution is -2.67. The molecule has 0 N–H and O–H groups in total. The van der Waals surface area contributed by atoms with Crippen LogP contribution in [0.3, 0.4) is 0 Å². The third-order valence-electron chi connectivity index (χ3n) is 6.60. The number of hydrogen-bond acceptors (Lipinski definition) is 5. The van der Waals surface area contributed by atoms with Gasteiger partial charge in [0.05, 0.1) is 13.2 Å². The second kappa shape index (κ2) is 11.6. The second-order valence-electron chi connectivity index (χ2n) is 9.56. The maximum atomic E-state index is 7.33. The third kappa shape index (κ3) is 6.64. The van der Waals surface area contributed by atoms with Crippen molar-refractivity contribution in [1.29, 1.82) is 0 Å². The van der Waals surface area contributed by atoms with Crippen molar-refractivity contribution < 1.29 is 22.1 Å². The Morgan fingerprint density at radius 2 is 1.62 bits per heavy atom. The highest BCUT2D eigenvalue weighted by Gasteiger charge is 2.50. The lowest BCUT2D eigenvalue weighted by molar-refractivity contribution is 0.114. The quantitative estimate of drug-likeness (QED) is 0.284. The van der Waals surface area contributed by atoms with E-state index in [0.717, 1.165) is 44.6 Å². The highest BCUT2D eigenvalue weighted by atomic mass is 28.5. The topological polar surface area (TPSA) is 49.5 Å². The number of ether oxygens (including phenoxy) is 2. The highest BCUT2D eigenvalue weighted by molar-refractivity contribution is 7.03. The van der Waals surface area contributed by atoms with Crippen molar-refractivity contribution >= 4 is 35.8 Å². The van der Waals surface area contributed by atoms with Crippen LogP contribution in [0.5, 0.6) is 0 Å². The standard InChI is InChI=1S/C26H38O5Si3/c1-4-32(2)30-33(3,20-13-18-27-22-24-23-28-24)29-19-11-12-21-34(31-32,25-14-7-5-8-15-25)26-16-9-6-10-17-26/h4-10,14-17,24H,1,11-13,18-23H2,2-3H3. The average molecular weight is 515 g/mol. The summed E-state index contributed by atoms with van der Waals surface area (Å²) in [4.78, 5) is 0. The minimum atomic E-state index is -2.76. The average Bonchev–Trinajstić information content (AvgIpc) is 3.68. The maximum Gasteiger partial charge on any atom is 0.342 e. The molecule has 34 heavy (non-hydrogen) atoms. The van der Waals surface area contributed by atoms with Crippen LogP contribution in [0.15, 0.2) is 72.9 Å². The Morgan fingerprint density at radius 3 is 2.21 bits per heavy atom. The third-order valence-corrected chi connectivity index (χ3v) is 19.4. The molecule has 2 aromatic carbocycles. The zero-order valence-electron chi connectivity index (χ0n) is 20.5. The van der Waals surface area contributed by atoms with Crippen molar-refractivity contribution in [1.82, 2.24) is 0 Å². The van der Waals surface area contributed by atoms with Gasteiger partial charge in [0.2, 0.25) is 8.32 Å². The van der Waals surface area contributed by atoms with Crippen LogP contribution < -0.4 is 10.4 Å². The van der Waals surface area contributed by atoms with E-state index in [4.69, 9.17) is 22.1 Å². The van der Waals surface area contributed by atoms with E-state index in [1.165, 1.54) is 10.4 Å². The summed E-state index contributed by atoms with van der Waals surface area (Å²) in [5, 5.41) is 2.59. The summed E-state index contributed by atoms with van der Waals surface area (Å²) in [6, 6.07) is 23.5. The molecule has 2 aromatic rings. The maximum absolute atomic E-state index is 7.33. The molecule has 2 aliphatic rings. The molecule has 2 fully saturated rings. The zero-order chi connectivity index (χ0) is 23.9. The molecular weight excluding hydrogens is 477 g/mol. The van der Waals surface area contributed by atoms with E-state index in [1.807, 2.05) is 5.70 Å². The molecule has 5 nitrogen and oxygen atoms in total. The lowest BCUT2D eigenvalue weighted by Gasteiger charge is -2.43. The molecule has 184 valence electrons. The van der Waals surface area contributed by atoms with Gasteiger partial charge in [-0.1, -0.05) is 72.8 Å². The molecule has 2 heterocycles. The first-order chi connectivity index (χ1) is 16.5. The summed E-state index contributed by atoms with van der Waals surface area (Å²) in [6.45, 7) is 11.5. The fourth-order valence-electron chi connectivity index (χ4n) is 4.71. The van der Waals surface area contributed by atoms with E-state index in [2.05, 4.69) is 80.3 Å². The van der Waals surface area contributed by atoms with Crippen molar-refractivity contribution in [3.05, 3.63) is 72.9 Å². The Balaban J connectivity index is 1.60. The van der Waals surface area contributed by atoms with Crippen LogP contribution in [0.1, 0.15) is 19.3 Å². The van der Waals surface area contributed by atoms with Crippen molar-refractivity contribution in [2.75, 3.05) is 26.4 Å². The highest BCUT2D eigenvalue weighted by Crippen LogP contribution is 2.30. The summed E-state index contributed by atoms with van der Waals surface area (Å²) in [5.74, 6) is 0. The Kier molecular flexibility index (Phi) is 8.76. The van der Waals surface area contributed by atoms with E-state index in [1.54, 1.807) is 0 Å². The smallest absolute Gasteiger partial charge is 0.342 e. The predicted octanol–water partition coefficient (Wildman–Crippen LogP) is 4.26. The van der Waals surface area contributed by atoms with E-state index in [0.29, 0.717) is 19.3 Å². The molecule has 0 spiro atoms. The molecule has 3 unspecified atom stereocenters. The zero-order valence-corrected chi connectivity index (χ0v) is 23.5. The molecule has 2 aliphatic heterocycles. The number of benzene rings is 2. The molecule has 2 saturated heterocycles. The first-order valence-corrected chi connectivity index (χ1v) is 19.5. The van der Waals surface area contributed by atoms with Crippen LogP contribution in [0.2, 0.25) is 25.2 Å². The number of rotatable bonds is 9. The van der Waals surface area contributed by atoms with Crippen LogP contribution in [-0.2, 0) is 22.1 Å². The first kappa shape index (κ1) is 25.7. The summed E-state index contributed by atoms with van der Waals surface area (Å²) in [6.07, 6.45) is 3.28. The summed E-state index contributed by atoms with van der Waals surface area (Å²) in [5.41, 5.74) is 1.96. The minimum Gasteiger partial charge on any atom is -0.426 e. The molecule has 4 rings (SSSR count). The Hall–Kier alpha value is -1.37. The molecule has 0 saturated carbocycles. The van der Waals surface area contributed by atoms with Gasteiger partial charge in [-0.25, -0.2) is 0 Å². The van der Waals surface area contributed by atoms with Gasteiger partial charge >= 0.3 is 17.1 Å². The Labute approximate surface area is 207 Å². The van der Waals surface area contributed by atoms with E-state index in [9.17, 15) is 0 Å². The largest absolute Gasteiger partial charge is 0.426 e. The molecule has 0 aliphatic carbocycles. The second-order valence-corrected chi connectivity index (χ2v) is 20.0. The van der Waals surface area contributed by atoms with Gasteiger partial charge in [0.25, 0.3) is 0 Å². The number of epoxide rings is 1. The SMILES string of the molecule is C=C[Si]1(C)O[Si](C)(CCCOCC2CO2)OCCCC[Si](c2ccccc2)(c2ccccc2)O1. The summed E-state index contributed by atoms with van der Waals surface area (Å²) < 4.78 is 31.8. The van der Waals surface area contributed by atoms with E-state index >= 15 is 0 Å². The van der Waals surface area contributed by atoms with Gasteiger partial charge in [-0.3, -0.25) is 0 Å². The Bertz CT molecular complexity index is 872. The molecule has 0 aromatic heterocycles. The van der Waals surface area contributed by atoms with Crippen LogP contribution in [0.25, 0.3) is 0 Å². The van der Waals surface area contributed by atoms with Gasteiger partial charge in [-0.2, -0.15) is 0 Å².